The van der Waals surface area contributed by atoms with Crippen LogP contribution in [0.15, 0.2) is 11.6 Å². The zero-order chi connectivity index (χ0) is 21.9. The van der Waals surface area contributed by atoms with Gasteiger partial charge in [-0.3, -0.25) is 9.59 Å². The van der Waals surface area contributed by atoms with Crippen molar-refractivity contribution in [2.75, 3.05) is 20.6 Å². The largest absolute Gasteiger partial charge is 0.507 e. The molecule has 0 heterocycles. The lowest BCUT2D eigenvalue weighted by Gasteiger charge is -2.18. The van der Waals surface area contributed by atoms with Crippen LogP contribution in [0.2, 0.25) is 0 Å². The summed E-state index contributed by atoms with van der Waals surface area (Å²) >= 11 is 4.37. The monoisotopic (exact) mass is 428 g/mol. The van der Waals surface area contributed by atoms with Gasteiger partial charge in [0, 0.05) is 12.7 Å². The van der Waals surface area contributed by atoms with Crippen molar-refractivity contribution in [1.29, 1.82) is 0 Å². The fourth-order valence-corrected chi connectivity index (χ4v) is 2.32. The van der Waals surface area contributed by atoms with Crippen LogP contribution < -0.4 is 4.74 Å². The summed E-state index contributed by atoms with van der Waals surface area (Å²) in [5.74, 6) is -0.864. The molecule has 6 nitrogen and oxygen atoms in total. The molecule has 0 atom stereocenters. The van der Waals surface area contributed by atoms with E-state index < -0.39 is 18.4 Å². The summed E-state index contributed by atoms with van der Waals surface area (Å²) in [6, 6.07) is 0. The second kappa shape index (κ2) is 13.4. The van der Waals surface area contributed by atoms with Crippen molar-refractivity contribution in [3.8, 4) is 11.5 Å². The van der Waals surface area contributed by atoms with Gasteiger partial charge < -0.3 is 19.3 Å². The Bertz CT molecular complexity index is 739. The van der Waals surface area contributed by atoms with E-state index >= 15 is 0 Å². The minimum atomic E-state index is -0.720. The number of esters is 2. The molecule has 0 unspecified atom stereocenters. The van der Waals surface area contributed by atoms with Gasteiger partial charge in [0.25, 0.3) is 0 Å². The number of methoxy groups -OCH3 is 1. The van der Waals surface area contributed by atoms with E-state index in [0.29, 0.717) is 34.4 Å². The highest BCUT2D eigenvalue weighted by atomic mass is 32.4. The molecule has 0 aliphatic rings. The number of phenolic OH excluding ortho intramolecular Hbond substituents is 1. The maximum Gasteiger partial charge on any atom is 0.322 e. The topological polar surface area (TPSA) is 82.1 Å². The van der Waals surface area contributed by atoms with Crippen LogP contribution in [0.3, 0.4) is 0 Å². The third kappa shape index (κ3) is 8.46. The molecule has 0 fully saturated rings. The van der Waals surface area contributed by atoms with E-state index in [0.717, 1.165) is 12.9 Å². The van der Waals surface area contributed by atoms with Crippen molar-refractivity contribution < 1.29 is 28.9 Å². The number of rotatable bonds is 7. The Kier molecular flexibility index (Phi) is 12.5. The van der Waals surface area contributed by atoms with Gasteiger partial charge in [-0.1, -0.05) is 23.5 Å². The van der Waals surface area contributed by atoms with Crippen molar-refractivity contribution in [2.24, 2.45) is 0 Å². The van der Waals surface area contributed by atoms with Crippen molar-refractivity contribution >= 4 is 31.1 Å². The minimum Gasteiger partial charge on any atom is -0.507 e. The lowest BCUT2D eigenvalue weighted by Crippen LogP contribution is -2.18. The van der Waals surface area contributed by atoms with Gasteiger partial charge in [-0.15, -0.1) is 0 Å². The zero-order valence-electron chi connectivity index (χ0n) is 17.5. The van der Waals surface area contributed by atoms with Crippen LogP contribution in [-0.2, 0) is 37.3 Å². The van der Waals surface area contributed by atoms with Gasteiger partial charge in [0.1, 0.15) is 17.9 Å². The highest BCUT2D eigenvalue weighted by Gasteiger charge is 2.21. The fraction of sp³-hybridized carbons (Fsp3) is 0.500. The number of phenols is 1. The summed E-state index contributed by atoms with van der Waals surface area (Å²) < 4.78 is 14.7. The first-order chi connectivity index (χ1) is 13.1. The molecule has 0 amide bonds. The van der Waals surface area contributed by atoms with Crippen LogP contribution >= 0.6 is 7.36 Å². The zero-order valence-corrected chi connectivity index (χ0v) is 19.3. The summed E-state index contributed by atoms with van der Waals surface area (Å²) in [5, 5.41) is 10.4. The third-order valence-corrected chi connectivity index (χ3v) is 3.89. The van der Waals surface area contributed by atoms with Gasteiger partial charge in [-0.25, -0.2) is 0 Å². The molecule has 0 aliphatic heterocycles. The van der Waals surface area contributed by atoms with E-state index in [-0.39, 0.29) is 12.5 Å². The van der Waals surface area contributed by atoms with E-state index in [1.165, 1.54) is 7.11 Å². The number of allylic oxidation sites excluding steroid dienone is 2. The molecule has 0 saturated carbocycles. The Morgan fingerprint density at radius 3 is 2.18 bits per heavy atom. The Morgan fingerprint density at radius 2 is 1.68 bits per heavy atom. The summed E-state index contributed by atoms with van der Waals surface area (Å²) in [7, 11) is 2.38. The number of carbonyl (C=O) groups is 2. The predicted molar refractivity (Wildman–Crippen MR) is 114 cm³/mol. The van der Waals surface area contributed by atoms with E-state index in [4.69, 9.17) is 4.74 Å². The standard InChI is InChI=1S/C19H26O6.CH3PS/c1-11(2)7-8-15-14(5)19(13(4)12(3)18(15)22)25-17(21)9-16(20)24-10-23-6;1-2-3/h7,22H,8-10H2,1-6H3;1H3. The average molecular weight is 428 g/mol. The lowest BCUT2D eigenvalue weighted by molar-refractivity contribution is -0.158. The molecule has 1 N–H and O–H groups in total. The number of hydrogen-bond acceptors (Lipinski definition) is 7. The first-order valence-electron chi connectivity index (χ1n) is 8.62. The van der Waals surface area contributed by atoms with Gasteiger partial charge >= 0.3 is 11.9 Å². The SMILES string of the molecule is COCOC(=O)CC(=O)Oc1c(C)c(C)c(O)c(CC=C(C)C)c1C.CP=S. The van der Waals surface area contributed by atoms with Crippen molar-refractivity contribution in [3.05, 3.63) is 33.9 Å². The van der Waals surface area contributed by atoms with Gasteiger partial charge in [0.15, 0.2) is 6.79 Å². The molecule has 0 aromatic heterocycles. The van der Waals surface area contributed by atoms with E-state index in [1.807, 2.05) is 26.6 Å². The predicted octanol–water partition coefficient (Wildman–Crippen LogP) is 4.29. The van der Waals surface area contributed by atoms with Crippen molar-refractivity contribution in [2.45, 2.75) is 47.5 Å². The third-order valence-electron chi connectivity index (χ3n) is 3.89. The van der Waals surface area contributed by atoms with E-state index in [1.54, 1.807) is 20.8 Å². The summed E-state index contributed by atoms with van der Waals surface area (Å²) in [6.45, 7) is 11.0. The van der Waals surface area contributed by atoms with Gasteiger partial charge in [-0.2, -0.15) is 0 Å². The Labute approximate surface area is 173 Å². The van der Waals surface area contributed by atoms with Crippen LogP contribution in [0, 0.1) is 20.8 Å². The highest BCUT2D eigenvalue weighted by Crippen LogP contribution is 2.37. The summed E-state index contributed by atoms with van der Waals surface area (Å²) in [5.41, 5.74) is 3.81. The quantitative estimate of drug-likeness (QED) is 0.173. The second-order valence-electron chi connectivity index (χ2n) is 6.27. The molecule has 8 heteroatoms. The molecule has 0 spiro atoms. The second-order valence-corrected chi connectivity index (χ2v) is 7.73. The summed E-state index contributed by atoms with van der Waals surface area (Å²) in [6.07, 6.45) is 2.01. The van der Waals surface area contributed by atoms with Crippen LogP contribution in [0.4, 0.5) is 0 Å². The molecular weight excluding hydrogens is 399 g/mol. The van der Waals surface area contributed by atoms with Gasteiger partial charge in [0.2, 0.25) is 0 Å². The molecule has 28 heavy (non-hydrogen) atoms. The molecule has 0 bridgehead atoms. The Balaban J connectivity index is 0.00000227. The van der Waals surface area contributed by atoms with Crippen molar-refractivity contribution in [3.63, 3.8) is 0 Å². The molecule has 0 saturated heterocycles. The molecule has 1 rings (SSSR count). The first-order valence-corrected chi connectivity index (χ1v) is 11.0. The highest BCUT2D eigenvalue weighted by molar-refractivity contribution is 7.96. The lowest BCUT2D eigenvalue weighted by atomic mass is 9.95. The van der Waals surface area contributed by atoms with E-state index in [9.17, 15) is 14.7 Å². The van der Waals surface area contributed by atoms with Crippen molar-refractivity contribution in [1.82, 2.24) is 0 Å². The normalized spacial score (nSPS) is 9.96. The van der Waals surface area contributed by atoms with Crippen LogP contribution in [-0.4, -0.2) is 37.6 Å². The number of ether oxygens (including phenoxy) is 3. The minimum absolute atomic E-state index is 0.201. The number of benzene rings is 1. The molecule has 0 aliphatic carbocycles. The molecule has 1 aromatic rings. The van der Waals surface area contributed by atoms with E-state index in [2.05, 4.69) is 21.3 Å². The van der Waals surface area contributed by atoms with Gasteiger partial charge in [-0.05, 0) is 71.8 Å². The maximum atomic E-state index is 12.0. The van der Waals surface area contributed by atoms with Crippen LogP contribution in [0.5, 0.6) is 11.5 Å². The van der Waals surface area contributed by atoms with Crippen LogP contribution in [0.25, 0.3) is 0 Å². The first kappa shape index (κ1) is 26.2. The fourth-order valence-electron chi connectivity index (χ4n) is 2.32. The number of carbonyl (C=O) groups excluding carboxylic acids is 2. The van der Waals surface area contributed by atoms with Crippen LogP contribution in [0.1, 0.15) is 42.5 Å². The summed E-state index contributed by atoms with van der Waals surface area (Å²) in [4.78, 5) is 23.5. The Hall–Kier alpha value is -1.82. The number of aromatic hydroxyl groups is 1. The molecule has 0 radical (unpaired) electrons. The molecule has 1 aromatic carbocycles. The van der Waals surface area contributed by atoms with Gasteiger partial charge in [0.05, 0.1) is 0 Å². The Morgan fingerprint density at radius 1 is 1.11 bits per heavy atom. The smallest absolute Gasteiger partial charge is 0.322 e. The maximum absolute atomic E-state index is 12.0. The number of hydrogen-bond donors (Lipinski definition) is 1. The molecule has 156 valence electrons. The molecular formula is C20H29O6PS. The average Bonchev–Trinajstić information content (AvgIpc) is 2.62.